The average molecular weight is 324 g/mol. The van der Waals surface area contributed by atoms with Crippen molar-refractivity contribution >= 4 is 37.5 Å². The van der Waals surface area contributed by atoms with Crippen molar-refractivity contribution in [3.05, 3.63) is 46.7 Å². The largest absolute Gasteiger partial charge is 0.508 e. The van der Waals surface area contributed by atoms with E-state index in [-0.39, 0.29) is 5.75 Å². The summed E-state index contributed by atoms with van der Waals surface area (Å²) in [6.07, 6.45) is 0. The molecule has 0 atom stereocenters. The number of thiazole rings is 1. The van der Waals surface area contributed by atoms with Gasteiger partial charge in [-0.3, -0.25) is 0 Å². The van der Waals surface area contributed by atoms with Gasteiger partial charge in [0, 0.05) is 16.1 Å². The first kappa shape index (κ1) is 11.6. The van der Waals surface area contributed by atoms with Gasteiger partial charge in [-0.1, -0.05) is 15.9 Å². The Morgan fingerprint density at radius 2 is 2.00 bits per heavy atom. The molecule has 1 aromatic heterocycles. The fraction of sp³-hybridized carbons (Fsp3) is 0. The molecule has 0 aliphatic rings. The predicted octanol–water partition coefficient (Wildman–Crippen LogP) is 4.57. The van der Waals surface area contributed by atoms with Crippen LogP contribution in [0.5, 0.6) is 5.75 Å². The fourth-order valence-corrected chi connectivity index (χ4v) is 3.02. The van der Waals surface area contributed by atoms with Crippen molar-refractivity contribution in [2.45, 2.75) is 0 Å². The van der Waals surface area contributed by atoms with Crippen LogP contribution >= 0.6 is 27.3 Å². The van der Waals surface area contributed by atoms with Crippen LogP contribution < -0.4 is 0 Å². The molecule has 0 unspecified atom stereocenters. The van der Waals surface area contributed by atoms with Gasteiger partial charge in [0.2, 0.25) is 0 Å². The van der Waals surface area contributed by atoms with Crippen LogP contribution in [0.25, 0.3) is 20.8 Å². The predicted molar refractivity (Wildman–Crippen MR) is 74.4 cm³/mol. The molecule has 3 rings (SSSR count). The molecule has 90 valence electrons. The first-order valence-electron chi connectivity index (χ1n) is 5.18. The highest BCUT2D eigenvalue weighted by Crippen LogP contribution is 2.33. The number of benzene rings is 2. The van der Waals surface area contributed by atoms with Crippen LogP contribution in [0.3, 0.4) is 0 Å². The van der Waals surface area contributed by atoms with E-state index in [9.17, 15) is 9.50 Å². The average Bonchev–Trinajstić information content (AvgIpc) is 2.71. The minimum atomic E-state index is -0.465. The SMILES string of the molecule is Oc1ccc(-c2nc3cc(Br)ccc3s2)c(F)c1. The van der Waals surface area contributed by atoms with Crippen molar-refractivity contribution in [3.8, 4) is 16.3 Å². The second kappa shape index (κ2) is 4.33. The quantitative estimate of drug-likeness (QED) is 0.711. The van der Waals surface area contributed by atoms with Crippen LogP contribution in [-0.2, 0) is 0 Å². The molecule has 0 aliphatic carbocycles. The maximum absolute atomic E-state index is 13.7. The van der Waals surface area contributed by atoms with E-state index in [1.54, 1.807) is 0 Å². The Hall–Kier alpha value is -1.46. The van der Waals surface area contributed by atoms with E-state index in [1.165, 1.54) is 23.5 Å². The second-order valence-electron chi connectivity index (χ2n) is 3.80. The lowest BCUT2D eigenvalue weighted by atomic mass is 10.2. The summed E-state index contributed by atoms with van der Waals surface area (Å²) in [6, 6.07) is 9.86. The fourth-order valence-electron chi connectivity index (χ4n) is 1.69. The smallest absolute Gasteiger partial charge is 0.137 e. The van der Waals surface area contributed by atoms with Gasteiger partial charge in [0.1, 0.15) is 16.6 Å². The molecule has 0 amide bonds. The number of nitrogens with zero attached hydrogens (tertiary/aromatic N) is 1. The maximum atomic E-state index is 13.7. The highest BCUT2D eigenvalue weighted by Gasteiger charge is 2.11. The Kier molecular flexibility index (Phi) is 2.80. The van der Waals surface area contributed by atoms with Gasteiger partial charge in [-0.15, -0.1) is 11.3 Å². The number of phenolic OH excluding ortho intramolecular Hbond substituents is 1. The van der Waals surface area contributed by atoms with E-state index in [0.717, 1.165) is 20.8 Å². The van der Waals surface area contributed by atoms with Crippen LogP contribution in [0.15, 0.2) is 40.9 Å². The highest BCUT2D eigenvalue weighted by molar-refractivity contribution is 9.10. The molecule has 18 heavy (non-hydrogen) atoms. The van der Waals surface area contributed by atoms with E-state index < -0.39 is 5.82 Å². The molecule has 0 fully saturated rings. The summed E-state index contributed by atoms with van der Waals surface area (Å²) in [5.74, 6) is -0.548. The van der Waals surface area contributed by atoms with Crippen LogP contribution in [0.4, 0.5) is 4.39 Å². The molecular weight excluding hydrogens is 317 g/mol. The lowest BCUT2D eigenvalue weighted by Gasteiger charge is -1.98. The monoisotopic (exact) mass is 323 g/mol. The number of halogens is 2. The Balaban J connectivity index is 2.19. The molecule has 0 spiro atoms. The van der Waals surface area contributed by atoms with Gasteiger partial charge in [-0.25, -0.2) is 9.37 Å². The number of phenols is 1. The molecule has 0 radical (unpaired) electrons. The molecule has 0 bridgehead atoms. The Morgan fingerprint density at radius 3 is 2.78 bits per heavy atom. The zero-order valence-electron chi connectivity index (χ0n) is 9.02. The third-order valence-corrected chi connectivity index (χ3v) is 4.10. The van der Waals surface area contributed by atoms with E-state index >= 15 is 0 Å². The molecule has 0 aliphatic heterocycles. The lowest BCUT2D eigenvalue weighted by Crippen LogP contribution is -1.82. The van der Waals surface area contributed by atoms with Gasteiger partial charge >= 0.3 is 0 Å². The first-order chi connectivity index (χ1) is 8.63. The third kappa shape index (κ3) is 2.00. The summed E-state index contributed by atoms with van der Waals surface area (Å²) in [7, 11) is 0. The number of aromatic hydroxyl groups is 1. The second-order valence-corrected chi connectivity index (χ2v) is 5.74. The molecule has 1 heterocycles. The summed E-state index contributed by atoms with van der Waals surface area (Å²) in [5.41, 5.74) is 1.24. The molecule has 5 heteroatoms. The van der Waals surface area contributed by atoms with Crippen molar-refractivity contribution in [1.29, 1.82) is 0 Å². The molecular formula is C13H7BrFNOS. The first-order valence-corrected chi connectivity index (χ1v) is 6.79. The number of fused-ring (bicyclic) bond motifs is 1. The zero-order valence-corrected chi connectivity index (χ0v) is 11.4. The van der Waals surface area contributed by atoms with E-state index in [4.69, 9.17) is 0 Å². The van der Waals surface area contributed by atoms with Gasteiger partial charge < -0.3 is 5.11 Å². The van der Waals surface area contributed by atoms with Crippen molar-refractivity contribution in [1.82, 2.24) is 4.98 Å². The number of aromatic nitrogens is 1. The van der Waals surface area contributed by atoms with Crippen LogP contribution in [0, 0.1) is 5.82 Å². The van der Waals surface area contributed by atoms with E-state index in [0.29, 0.717) is 10.6 Å². The molecule has 3 aromatic rings. The summed E-state index contributed by atoms with van der Waals surface area (Å²) in [4.78, 5) is 4.40. The van der Waals surface area contributed by atoms with Crippen LogP contribution in [0.2, 0.25) is 0 Å². The summed E-state index contributed by atoms with van der Waals surface area (Å²) >= 11 is 4.80. The van der Waals surface area contributed by atoms with E-state index in [2.05, 4.69) is 20.9 Å². The van der Waals surface area contributed by atoms with Gasteiger partial charge in [0.25, 0.3) is 0 Å². The third-order valence-electron chi connectivity index (χ3n) is 2.53. The molecule has 1 N–H and O–H groups in total. The highest BCUT2D eigenvalue weighted by atomic mass is 79.9. The van der Waals surface area contributed by atoms with Gasteiger partial charge in [0.15, 0.2) is 0 Å². The minimum Gasteiger partial charge on any atom is -0.508 e. The number of hydrogen-bond acceptors (Lipinski definition) is 3. The minimum absolute atomic E-state index is 0.0832. The topological polar surface area (TPSA) is 33.1 Å². The number of hydrogen-bond donors (Lipinski definition) is 1. The molecule has 0 saturated carbocycles. The Labute approximate surface area is 115 Å². The maximum Gasteiger partial charge on any atom is 0.137 e. The molecule has 2 aromatic carbocycles. The lowest BCUT2D eigenvalue weighted by molar-refractivity contribution is 0.469. The van der Waals surface area contributed by atoms with E-state index in [1.807, 2.05) is 18.2 Å². The molecule has 0 saturated heterocycles. The standard InChI is InChI=1S/C13H7BrFNOS/c14-7-1-4-12-11(5-7)16-13(18-12)9-3-2-8(17)6-10(9)15/h1-6,17H. The van der Waals surface area contributed by atoms with Crippen LogP contribution in [0.1, 0.15) is 0 Å². The van der Waals surface area contributed by atoms with Crippen molar-refractivity contribution in [2.24, 2.45) is 0 Å². The summed E-state index contributed by atoms with van der Waals surface area (Å²) in [6.45, 7) is 0. The zero-order chi connectivity index (χ0) is 12.7. The van der Waals surface area contributed by atoms with Gasteiger partial charge in [-0.05, 0) is 30.3 Å². The number of rotatable bonds is 1. The Morgan fingerprint density at radius 1 is 1.17 bits per heavy atom. The van der Waals surface area contributed by atoms with Crippen molar-refractivity contribution in [2.75, 3.05) is 0 Å². The van der Waals surface area contributed by atoms with Crippen molar-refractivity contribution < 1.29 is 9.50 Å². The van der Waals surface area contributed by atoms with Gasteiger partial charge in [-0.2, -0.15) is 0 Å². The summed E-state index contributed by atoms with van der Waals surface area (Å²) < 4.78 is 15.7. The normalized spacial score (nSPS) is 11.0. The van der Waals surface area contributed by atoms with Crippen LogP contribution in [-0.4, -0.2) is 10.1 Å². The Bertz CT molecular complexity index is 741. The van der Waals surface area contributed by atoms with Crippen molar-refractivity contribution in [3.63, 3.8) is 0 Å². The summed E-state index contributed by atoms with van der Waals surface area (Å²) in [5, 5.41) is 9.81. The van der Waals surface area contributed by atoms with Gasteiger partial charge in [0.05, 0.1) is 10.2 Å². The molecule has 2 nitrogen and oxygen atoms in total.